The summed E-state index contributed by atoms with van der Waals surface area (Å²) >= 11 is 12.1. The molecule has 1 saturated heterocycles. The lowest BCUT2D eigenvalue weighted by Gasteiger charge is -2.34. The van der Waals surface area contributed by atoms with Crippen molar-refractivity contribution in [2.24, 2.45) is 5.92 Å². The number of rotatable bonds is 1. The van der Waals surface area contributed by atoms with Gasteiger partial charge in [-0.3, -0.25) is 4.79 Å². The first-order chi connectivity index (χ1) is 8.49. The lowest BCUT2D eigenvalue weighted by molar-refractivity contribution is 0.0700. The third-order valence-corrected chi connectivity index (χ3v) is 4.38. The van der Waals surface area contributed by atoms with Gasteiger partial charge in [0.1, 0.15) is 0 Å². The second kappa shape index (κ2) is 5.50. The Balaban J connectivity index is 2.16. The SMILES string of the molecule is Cc1cc(Cl)ccc1C(=O)N1CCC(C)C(Cl)C1. The lowest BCUT2D eigenvalue weighted by Crippen LogP contribution is -2.44. The van der Waals surface area contributed by atoms with Gasteiger partial charge in [0.05, 0.1) is 5.38 Å². The molecular weight excluding hydrogens is 269 g/mol. The van der Waals surface area contributed by atoms with E-state index in [1.54, 1.807) is 12.1 Å². The molecule has 2 rings (SSSR count). The fraction of sp³-hybridized carbons (Fsp3) is 0.500. The number of likely N-dealkylation sites (tertiary alicyclic amines) is 1. The van der Waals surface area contributed by atoms with Gasteiger partial charge in [-0.1, -0.05) is 18.5 Å². The molecule has 0 N–H and O–H groups in total. The second-order valence-electron chi connectivity index (χ2n) is 4.99. The van der Waals surface area contributed by atoms with Gasteiger partial charge in [-0.2, -0.15) is 0 Å². The van der Waals surface area contributed by atoms with Crippen LogP contribution < -0.4 is 0 Å². The first kappa shape index (κ1) is 13.7. The molecule has 1 aliphatic rings. The van der Waals surface area contributed by atoms with Crippen LogP contribution in [0.4, 0.5) is 0 Å². The van der Waals surface area contributed by atoms with Crippen molar-refractivity contribution in [3.63, 3.8) is 0 Å². The molecule has 4 heteroatoms. The number of aryl methyl sites for hydroxylation is 1. The molecule has 0 bridgehead atoms. The quantitative estimate of drug-likeness (QED) is 0.720. The van der Waals surface area contributed by atoms with Gasteiger partial charge in [0.25, 0.3) is 5.91 Å². The van der Waals surface area contributed by atoms with Crippen LogP contribution in [0.1, 0.15) is 29.3 Å². The fourth-order valence-electron chi connectivity index (χ4n) is 2.24. The summed E-state index contributed by atoms with van der Waals surface area (Å²) in [6.45, 7) is 5.45. The van der Waals surface area contributed by atoms with E-state index in [1.807, 2.05) is 17.9 Å². The number of alkyl halides is 1. The van der Waals surface area contributed by atoms with E-state index in [0.717, 1.165) is 24.1 Å². The third kappa shape index (κ3) is 2.81. The summed E-state index contributed by atoms with van der Waals surface area (Å²) in [5.41, 5.74) is 1.63. The highest BCUT2D eigenvalue weighted by molar-refractivity contribution is 6.30. The van der Waals surface area contributed by atoms with E-state index in [0.29, 0.717) is 17.5 Å². The molecular formula is C14H17Cl2NO. The van der Waals surface area contributed by atoms with Crippen molar-refractivity contribution in [3.8, 4) is 0 Å². The van der Waals surface area contributed by atoms with Gasteiger partial charge in [0.2, 0.25) is 0 Å². The number of amides is 1. The van der Waals surface area contributed by atoms with Gasteiger partial charge >= 0.3 is 0 Å². The van der Waals surface area contributed by atoms with E-state index in [4.69, 9.17) is 23.2 Å². The topological polar surface area (TPSA) is 20.3 Å². The summed E-state index contributed by atoms with van der Waals surface area (Å²) in [7, 11) is 0. The molecule has 0 aromatic heterocycles. The van der Waals surface area contributed by atoms with Crippen molar-refractivity contribution in [1.82, 2.24) is 4.90 Å². The Labute approximate surface area is 118 Å². The van der Waals surface area contributed by atoms with E-state index in [2.05, 4.69) is 6.92 Å². The molecule has 1 aromatic rings. The summed E-state index contributed by atoms with van der Waals surface area (Å²) < 4.78 is 0. The minimum absolute atomic E-state index is 0.0512. The highest BCUT2D eigenvalue weighted by Gasteiger charge is 2.28. The highest BCUT2D eigenvalue weighted by Crippen LogP contribution is 2.24. The van der Waals surface area contributed by atoms with Gasteiger partial charge in [-0.25, -0.2) is 0 Å². The Morgan fingerprint density at radius 2 is 2.17 bits per heavy atom. The molecule has 1 fully saturated rings. The van der Waals surface area contributed by atoms with Gasteiger partial charge < -0.3 is 4.90 Å². The van der Waals surface area contributed by atoms with Crippen molar-refractivity contribution in [2.45, 2.75) is 25.6 Å². The largest absolute Gasteiger partial charge is 0.337 e. The number of nitrogens with zero attached hydrogens (tertiary/aromatic N) is 1. The van der Waals surface area contributed by atoms with Gasteiger partial charge in [0, 0.05) is 23.7 Å². The molecule has 1 aromatic carbocycles. The molecule has 2 atom stereocenters. The molecule has 2 nitrogen and oxygen atoms in total. The molecule has 2 unspecified atom stereocenters. The Hall–Kier alpha value is -0.730. The summed E-state index contributed by atoms with van der Waals surface area (Å²) in [5, 5.41) is 0.710. The number of halogens is 2. The van der Waals surface area contributed by atoms with E-state index in [1.165, 1.54) is 0 Å². The number of carbonyl (C=O) groups is 1. The van der Waals surface area contributed by atoms with Crippen LogP contribution in [-0.4, -0.2) is 29.3 Å². The molecule has 1 aliphatic heterocycles. The summed E-state index contributed by atoms with van der Waals surface area (Å²) in [5.74, 6) is 0.531. The standard InChI is InChI=1S/C14H17Cl2NO/c1-9-5-6-17(8-13(9)16)14(18)12-4-3-11(15)7-10(12)2/h3-4,7,9,13H,5-6,8H2,1-2H3. The van der Waals surface area contributed by atoms with Crippen molar-refractivity contribution >= 4 is 29.1 Å². The molecule has 98 valence electrons. The zero-order valence-electron chi connectivity index (χ0n) is 10.6. The van der Waals surface area contributed by atoms with Gasteiger partial charge in [-0.05, 0) is 43.0 Å². The Morgan fingerprint density at radius 1 is 1.44 bits per heavy atom. The molecule has 1 heterocycles. The van der Waals surface area contributed by atoms with Gasteiger partial charge in [0.15, 0.2) is 0 Å². The van der Waals surface area contributed by atoms with Crippen LogP contribution in [0.3, 0.4) is 0 Å². The first-order valence-corrected chi connectivity index (χ1v) is 7.00. The molecule has 0 spiro atoms. The van der Waals surface area contributed by atoms with E-state index in [-0.39, 0.29) is 11.3 Å². The fourth-order valence-corrected chi connectivity index (χ4v) is 2.76. The van der Waals surface area contributed by atoms with E-state index >= 15 is 0 Å². The van der Waals surface area contributed by atoms with Crippen LogP contribution >= 0.6 is 23.2 Å². The Kier molecular flexibility index (Phi) is 4.18. The first-order valence-electron chi connectivity index (χ1n) is 6.18. The zero-order valence-corrected chi connectivity index (χ0v) is 12.1. The minimum Gasteiger partial charge on any atom is -0.337 e. The highest BCUT2D eigenvalue weighted by atomic mass is 35.5. The van der Waals surface area contributed by atoms with E-state index < -0.39 is 0 Å². The van der Waals surface area contributed by atoms with Crippen LogP contribution in [0.5, 0.6) is 0 Å². The van der Waals surface area contributed by atoms with Crippen molar-refractivity contribution in [2.75, 3.05) is 13.1 Å². The molecule has 0 saturated carbocycles. The van der Waals surface area contributed by atoms with Crippen LogP contribution in [0.2, 0.25) is 5.02 Å². The predicted octanol–water partition coefficient (Wildman–Crippen LogP) is 3.74. The summed E-state index contributed by atoms with van der Waals surface area (Å²) in [6.07, 6.45) is 0.965. The maximum absolute atomic E-state index is 12.4. The molecule has 0 aliphatic carbocycles. The van der Waals surface area contributed by atoms with E-state index in [9.17, 15) is 4.79 Å². The smallest absolute Gasteiger partial charge is 0.254 e. The lowest BCUT2D eigenvalue weighted by atomic mass is 9.97. The van der Waals surface area contributed by atoms with Crippen LogP contribution in [0, 0.1) is 12.8 Å². The maximum atomic E-state index is 12.4. The molecule has 1 amide bonds. The number of hydrogen-bond donors (Lipinski definition) is 0. The Bertz CT molecular complexity index is 461. The molecule has 18 heavy (non-hydrogen) atoms. The minimum atomic E-state index is 0.0512. The Morgan fingerprint density at radius 3 is 2.78 bits per heavy atom. The summed E-state index contributed by atoms with van der Waals surface area (Å²) in [4.78, 5) is 14.2. The summed E-state index contributed by atoms with van der Waals surface area (Å²) in [6, 6.07) is 5.37. The zero-order chi connectivity index (χ0) is 13.3. The number of carbonyl (C=O) groups excluding carboxylic acids is 1. The van der Waals surface area contributed by atoms with Crippen molar-refractivity contribution in [3.05, 3.63) is 34.3 Å². The third-order valence-electron chi connectivity index (χ3n) is 3.57. The van der Waals surface area contributed by atoms with Crippen LogP contribution in [-0.2, 0) is 0 Å². The number of piperidine rings is 1. The van der Waals surface area contributed by atoms with Crippen LogP contribution in [0.15, 0.2) is 18.2 Å². The van der Waals surface area contributed by atoms with Crippen molar-refractivity contribution in [1.29, 1.82) is 0 Å². The second-order valence-corrected chi connectivity index (χ2v) is 5.99. The number of hydrogen-bond acceptors (Lipinski definition) is 1. The number of benzene rings is 1. The van der Waals surface area contributed by atoms with Crippen molar-refractivity contribution < 1.29 is 4.79 Å². The monoisotopic (exact) mass is 285 g/mol. The average Bonchev–Trinajstić information content (AvgIpc) is 2.32. The average molecular weight is 286 g/mol. The van der Waals surface area contributed by atoms with Gasteiger partial charge in [-0.15, -0.1) is 11.6 Å². The maximum Gasteiger partial charge on any atom is 0.254 e. The predicted molar refractivity (Wildman–Crippen MR) is 75.5 cm³/mol. The normalized spacial score (nSPS) is 24.1. The van der Waals surface area contributed by atoms with Crippen LogP contribution in [0.25, 0.3) is 0 Å². The molecule has 0 radical (unpaired) electrons.